The summed E-state index contributed by atoms with van der Waals surface area (Å²) >= 11 is 1.26. The minimum atomic E-state index is -0.429. The lowest BCUT2D eigenvalue weighted by molar-refractivity contribution is -0.142. The number of nitrogens with zero attached hydrogens (tertiary/aromatic N) is 8. The quantitative estimate of drug-likeness (QED) is 0.206. The summed E-state index contributed by atoms with van der Waals surface area (Å²) in [4.78, 5) is 25.5. The number of hydrogen-bond acceptors (Lipinski definition) is 9. The number of thiazole rings is 1. The fourth-order valence-corrected chi connectivity index (χ4v) is 7.29. The van der Waals surface area contributed by atoms with Crippen LogP contribution in [0.15, 0.2) is 12.3 Å². The van der Waals surface area contributed by atoms with Gasteiger partial charge in [-0.25, -0.2) is 18.3 Å². The predicted molar refractivity (Wildman–Crippen MR) is 189 cm³/mol. The van der Waals surface area contributed by atoms with Gasteiger partial charge in [0, 0.05) is 46.3 Å². The fourth-order valence-electron chi connectivity index (χ4n) is 6.45. The number of aromatic nitrogens is 3. The molecule has 2 saturated heterocycles. The second-order valence-electron chi connectivity index (χ2n) is 12.2. The van der Waals surface area contributed by atoms with Crippen molar-refractivity contribution >= 4 is 92.5 Å². The number of aryl methyl sites for hydroxylation is 1. The number of pyridine rings is 1. The molecule has 1 aromatic carbocycles. The molecular formula is C29H34B4F2N8O2S. The van der Waals surface area contributed by atoms with Crippen molar-refractivity contribution in [1.82, 2.24) is 24.4 Å². The first kappa shape index (κ1) is 32.1. The van der Waals surface area contributed by atoms with Crippen LogP contribution in [0.3, 0.4) is 0 Å². The summed E-state index contributed by atoms with van der Waals surface area (Å²) in [5, 5.41) is 24.9. The third-order valence-electron chi connectivity index (χ3n) is 9.48. The van der Waals surface area contributed by atoms with Gasteiger partial charge in [-0.15, -0.1) is 0 Å². The van der Waals surface area contributed by atoms with Crippen LogP contribution in [0.2, 0.25) is 0 Å². The summed E-state index contributed by atoms with van der Waals surface area (Å²) in [5.74, 6) is -0.623. The highest BCUT2D eigenvalue weighted by molar-refractivity contribution is 7.16. The maximum Gasteiger partial charge on any atom is 0.236 e. The smallest absolute Gasteiger partial charge is 0.236 e. The van der Waals surface area contributed by atoms with Crippen molar-refractivity contribution in [3.05, 3.63) is 34.5 Å². The Kier molecular flexibility index (Phi) is 8.65. The Morgan fingerprint density at radius 3 is 2.37 bits per heavy atom. The third-order valence-corrected chi connectivity index (χ3v) is 10.5. The van der Waals surface area contributed by atoms with Crippen molar-refractivity contribution in [2.45, 2.75) is 19.4 Å². The van der Waals surface area contributed by atoms with Crippen molar-refractivity contribution in [2.24, 2.45) is 0 Å². The number of halogens is 2. The zero-order valence-corrected chi connectivity index (χ0v) is 27.8. The van der Waals surface area contributed by atoms with Gasteiger partial charge in [0.2, 0.25) is 5.91 Å². The van der Waals surface area contributed by atoms with Crippen molar-refractivity contribution in [2.75, 3.05) is 62.7 Å². The number of β-amino-alcohol motifs (C(OH)–C–C–N with tert-alkyl or cyclic N) is 1. The number of rotatable bonds is 7. The first-order valence-electron chi connectivity index (χ1n) is 15.5. The third kappa shape index (κ3) is 5.46. The van der Waals surface area contributed by atoms with E-state index in [1.807, 2.05) is 45.5 Å². The monoisotopic (exact) mass is 640 g/mol. The van der Waals surface area contributed by atoms with Gasteiger partial charge in [0.1, 0.15) is 53.8 Å². The Balaban J connectivity index is 1.31. The number of piperazine rings is 1. The average Bonchev–Trinajstić information content (AvgIpc) is 3.62. The van der Waals surface area contributed by atoms with E-state index in [2.05, 4.69) is 11.0 Å². The molecule has 3 aromatic heterocycles. The molecule has 0 aliphatic carbocycles. The Bertz CT molecular complexity index is 1870. The van der Waals surface area contributed by atoms with E-state index in [0.717, 1.165) is 27.9 Å². The van der Waals surface area contributed by atoms with Crippen molar-refractivity contribution in [3.8, 4) is 17.3 Å². The Morgan fingerprint density at radius 2 is 1.78 bits per heavy atom. The molecule has 17 heteroatoms. The van der Waals surface area contributed by atoms with Crippen LogP contribution in [0.5, 0.6) is 0 Å². The maximum atomic E-state index is 15.5. The molecule has 2 aliphatic heterocycles. The molecule has 0 saturated carbocycles. The van der Waals surface area contributed by atoms with E-state index >= 15 is 4.39 Å². The molecule has 0 radical (unpaired) electrons. The number of carbonyl (C=O) groups excluding carboxylic acids is 1. The number of aliphatic hydroxyl groups is 1. The molecule has 10 nitrogen and oxygen atoms in total. The Morgan fingerprint density at radius 1 is 1.13 bits per heavy atom. The minimum absolute atomic E-state index is 0.00491. The number of anilines is 3. The lowest BCUT2D eigenvalue weighted by atomic mass is 9.66. The van der Waals surface area contributed by atoms with E-state index in [9.17, 15) is 19.6 Å². The lowest BCUT2D eigenvalue weighted by Crippen LogP contribution is -2.57. The molecule has 0 bridgehead atoms. The number of carbonyl (C=O) groups is 1. The molecule has 0 atom stereocenters. The number of hydrogen-bond donors (Lipinski definition) is 1. The lowest BCUT2D eigenvalue weighted by Gasteiger charge is -2.39. The number of nitriles is 1. The van der Waals surface area contributed by atoms with E-state index in [1.54, 1.807) is 25.1 Å². The summed E-state index contributed by atoms with van der Waals surface area (Å²) in [7, 11) is 9.07. The molecule has 0 spiro atoms. The van der Waals surface area contributed by atoms with Crippen molar-refractivity contribution in [3.63, 3.8) is 0 Å². The molecule has 46 heavy (non-hydrogen) atoms. The molecule has 1 N–H and O–H groups in total. The van der Waals surface area contributed by atoms with E-state index in [-0.39, 0.29) is 24.1 Å². The number of amides is 1. The molecule has 4 aromatic rings. The molecule has 2 aliphatic rings. The van der Waals surface area contributed by atoms with Crippen LogP contribution in [0.1, 0.15) is 17.5 Å². The molecule has 5 heterocycles. The largest absolute Gasteiger partial charge is 0.389 e. The second kappa shape index (κ2) is 12.4. The molecular weight excluding hydrogens is 606 g/mol. The zero-order valence-electron chi connectivity index (χ0n) is 27.0. The fraction of sp³-hybridized carbons (Fsp3) is 0.379. The first-order chi connectivity index (χ1) is 21.9. The average molecular weight is 640 g/mol. The van der Waals surface area contributed by atoms with Gasteiger partial charge >= 0.3 is 0 Å². The van der Waals surface area contributed by atoms with Gasteiger partial charge in [0.05, 0.1) is 41.4 Å². The Labute approximate surface area is 274 Å². The van der Waals surface area contributed by atoms with Gasteiger partial charge in [0.25, 0.3) is 0 Å². The van der Waals surface area contributed by atoms with Gasteiger partial charge in [-0.05, 0) is 18.1 Å². The maximum absolute atomic E-state index is 15.5. The highest BCUT2D eigenvalue weighted by Gasteiger charge is 2.31. The number of fused-ring (bicyclic) bond motifs is 1. The molecule has 0 unspecified atom stereocenters. The number of likely N-dealkylation sites (tertiary alicyclic amines) is 1. The minimum Gasteiger partial charge on any atom is -0.389 e. The molecule has 1 amide bonds. The summed E-state index contributed by atoms with van der Waals surface area (Å²) in [5.41, 5.74) is 6.59. The van der Waals surface area contributed by atoms with E-state index in [1.165, 1.54) is 17.5 Å². The van der Waals surface area contributed by atoms with Crippen LogP contribution in [-0.2, 0) is 11.2 Å². The normalized spacial score (nSPS) is 15.7. The van der Waals surface area contributed by atoms with Crippen molar-refractivity contribution < 1.29 is 18.7 Å². The van der Waals surface area contributed by atoms with Gasteiger partial charge in [-0.1, -0.05) is 40.1 Å². The number of aliphatic hydroxyl groups excluding tert-OH is 1. The number of benzene rings is 1. The van der Waals surface area contributed by atoms with Crippen LogP contribution >= 0.6 is 11.3 Å². The van der Waals surface area contributed by atoms with Gasteiger partial charge < -0.3 is 19.8 Å². The van der Waals surface area contributed by atoms with E-state index < -0.39 is 6.10 Å². The molecule has 6 rings (SSSR count). The standard InChI is InChI=1S/C29H34B4F2N8O2S/c1-3-16-28(39(2)29-37-27(19(9-36)46-29)21-22(30)24(32)26(35)25(33)23(21)31)18-8-17(15(34)12-43(18)38-16)41-6-4-40(5-7-41)13-20(45)42-10-14(44)11-42/h8,12,14,44H,3-7,10-11,13,30-33H2,1-2H3. The zero-order chi connectivity index (χ0) is 33.0. The van der Waals surface area contributed by atoms with Crippen LogP contribution < -0.4 is 31.7 Å². The summed E-state index contributed by atoms with van der Waals surface area (Å²) < 4.78 is 32.0. The van der Waals surface area contributed by atoms with Crippen LogP contribution in [-0.4, -0.2) is 126 Å². The summed E-state index contributed by atoms with van der Waals surface area (Å²) in [6, 6.07) is 4.11. The van der Waals surface area contributed by atoms with Crippen LogP contribution in [0, 0.1) is 23.0 Å². The first-order valence-corrected chi connectivity index (χ1v) is 16.3. The topological polar surface area (TPSA) is 104 Å². The van der Waals surface area contributed by atoms with Crippen molar-refractivity contribution in [1.29, 1.82) is 5.26 Å². The van der Waals surface area contributed by atoms with E-state index in [0.29, 0.717) is 83.5 Å². The predicted octanol–water partition coefficient (Wildman–Crippen LogP) is -3.70. The van der Waals surface area contributed by atoms with Gasteiger partial charge in [-0.3, -0.25) is 9.69 Å². The van der Waals surface area contributed by atoms with Crippen LogP contribution in [0.4, 0.5) is 25.3 Å². The van der Waals surface area contributed by atoms with Crippen LogP contribution in [0.25, 0.3) is 16.8 Å². The van der Waals surface area contributed by atoms with E-state index in [4.69, 9.17) is 10.1 Å². The second-order valence-corrected chi connectivity index (χ2v) is 13.2. The molecule has 234 valence electrons. The SMILES string of the molecule is Bc1c(B)c(-c2nc(N(C)c3c(CC)nn4cc(F)c(N5CCN(CC(=O)N6CC(O)C6)CC5)cc34)sc2C#N)c(B)c(B)c1F. The summed E-state index contributed by atoms with van der Waals surface area (Å²) in [6.07, 6.45) is 1.57. The highest BCUT2D eigenvalue weighted by atomic mass is 32.1. The highest BCUT2D eigenvalue weighted by Crippen LogP contribution is 2.38. The van der Waals surface area contributed by atoms with Gasteiger partial charge in [0.15, 0.2) is 10.9 Å². The Hall–Kier alpha value is -3.86. The van der Waals surface area contributed by atoms with Gasteiger partial charge in [-0.2, -0.15) is 10.4 Å². The summed E-state index contributed by atoms with van der Waals surface area (Å²) in [6.45, 7) is 5.38. The molecule has 2 fully saturated rings.